The van der Waals surface area contributed by atoms with E-state index in [2.05, 4.69) is 26.1 Å². The first kappa shape index (κ1) is 11.0. The van der Waals surface area contributed by atoms with Crippen LogP contribution in [-0.2, 0) is 9.47 Å². The van der Waals surface area contributed by atoms with Gasteiger partial charge in [0.15, 0.2) is 0 Å². The fourth-order valence-corrected chi connectivity index (χ4v) is 1.05. The number of nitrogens with one attached hydrogen (secondary N) is 1. The third kappa shape index (κ3) is 4.07. The third-order valence-electron chi connectivity index (χ3n) is 2.55. The topological polar surface area (TPSA) is 30.5 Å². The van der Waals surface area contributed by atoms with E-state index in [-0.39, 0.29) is 5.54 Å². The molecule has 0 amide bonds. The van der Waals surface area contributed by atoms with E-state index < -0.39 is 0 Å². The minimum Gasteiger partial charge on any atom is -0.376 e. The van der Waals surface area contributed by atoms with Gasteiger partial charge in [-0.2, -0.15) is 0 Å². The molecule has 1 fully saturated rings. The van der Waals surface area contributed by atoms with Crippen LogP contribution < -0.4 is 5.32 Å². The molecule has 1 heterocycles. The van der Waals surface area contributed by atoms with E-state index in [1.807, 2.05) is 0 Å². The predicted molar refractivity (Wildman–Crippen MR) is 52.9 cm³/mol. The second-order valence-corrected chi connectivity index (χ2v) is 4.19. The molecule has 0 unspecified atom stereocenters. The van der Waals surface area contributed by atoms with E-state index in [9.17, 15) is 0 Å². The van der Waals surface area contributed by atoms with Crippen LogP contribution >= 0.6 is 0 Å². The normalized spacial score (nSPS) is 18.7. The molecule has 0 atom stereocenters. The Morgan fingerprint density at radius 3 is 2.62 bits per heavy atom. The molecule has 13 heavy (non-hydrogen) atoms. The standard InChI is InChI=1S/C10H21NO2/c1-4-10(2,3)11-5-6-13-9-7-12-8-9/h9,11H,4-8H2,1-3H3. The number of hydrogen-bond acceptors (Lipinski definition) is 3. The van der Waals surface area contributed by atoms with Crippen LogP contribution in [-0.4, -0.2) is 38.0 Å². The van der Waals surface area contributed by atoms with Crippen molar-refractivity contribution in [3.05, 3.63) is 0 Å². The largest absolute Gasteiger partial charge is 0.376 e. The number of ether oxygens (including phenoxy) is 2. The molecule has 0 spiro atoms. The molecule has 1 N–H and O–H groups in total. The molecular formula is C10H21NO2. The van der Waals surface area contributed by atoms with Gasteiger partial charge in [0.05, 0.1) is 19.8 Å². The van der Waals surface area contributed by atoms with Gasteiger partial charge in [-0.3, -0.25) is 0 Å². The molecule has 1 aliphatic rings. The van der Waals surface area contributed by atoms with E-state index in [1.54, 1.807) is 0 Å². The van der Waals surface area contributed by atoms with Crippen LogP contribution in [0.5, 0.6) is 0 Å². The Bertz CT molecular complexity index is 144. The minimum atomic E-state index is 0.236. The van der Waals surface area contributed by atoms with Gasteiger partial charge < -0.3 is 14.8 Å². The maximum Gasteiger partial charge on any atom is 0.104 e. The van der Waals surface area contributed by atoms with Crippen LogP contribution in [0.4, 0.5) is 0 Å². The van der Waals surface area contributed by atoms with Gasteiger partial charge in [-0.05, 0) is 20.3 Å². The van der Waals surface area contributed by atoms with Gasteiger partial charge in [-0.15, -0.1) is 0 Å². The molecule has 0 aliphatic carbocycles. The molecule has 0 bridgehead atoms. The summed E-state index contributed by atoms with van der Waals surface area (Å²) in [6, 6.07) is 0. The number of rotatable bonds is 6. The highest BCUT2D eigenvalue weighted by Crippen LogP contribution is 2.07. The first-order valence-electron chi connectivity index (χ1n) is 5.08. The van der Waals surface area contributed by atoms with Crippen LogP contribution in [0.3, 0.4) is 0 Å². The number of hydrogen-bond donors (Lipinski definition) is 1. The molecule has 1 saturated heterocycles. The maximum atomic E-state index is 5.53. The summed E-state index contributed by atoms with van der Waals surface area (Å²) in [5, 5.41) is 3.45. The Morgan fingerprint density at radius 2 is 2.15 bits per heavy atom. The fraction of sp³-hybridized carbons (Fsp3) is 1.00. The molecule has 1 rings (SSSR count). The van der Waals surface area contributed by atoms with Crippen LogP contribution in [0, 0.1) is 0 Å². The Balaban J connectivity index is 1.93. The molecule has 0 saturated carbocycles. The van der Waals surface area contributed by atoms with Crippen molar-refractivity contribution in [3.63, 3.8) is 0 Å². The van der Waals surface area contributed by atoms with Gasteiger partial charge >= 0.3 is 0 Å². The monoisotopic (exact) mass is 187 g/mol. The van der Waals surface area contributed by atoms with E-state index in [0.717, 1.165) is 32.8 Å². The summed E-state index contributed by atoms with van der Waals surface area (Å²) in [5.74, 6) is 0. The lowest BCUT2D eigenvalue weighted by atomic mass is 10.0. The van der Waals surface area contributed by atoms with E-state index in [0.29, 0.717) is 6.10 Å². The van der Waals surface area contributed by atoms with Gasteiger partial charge in [0.25, 0.3) is 0 Å². The van der Waals surface area contributed by atoms with Gasteiger partial charge in [-0.25, -0.2) is 0 Å². The summed E-state index contributed by atoms with van der Waals surface area (Å²) in [6.07, 6.45) is 1.49. The van der Waals surface area contributed by atoms with Crippen molar-refractivity contribution >= 4 is 0 Å². The summed E-state index contributed by atoms with van der Waals surface area (Å²) in [4.78, 5) is 0. The lowest BCUT2D eigenvalue weighted by Crippen LogP contribution is -2.42. The molecule has 0 aromatic rings. The smallest absolute Gasteiger partial charge is 0.104 e. The van der Waals surface area contributed by atoms with E-state index in [1.165, 1.54) is 0 Å². The zero-order valence-electron chi connectivity index (χ0n) is 8.93. The first-order valence-corrected chi connectivity index (χ1v) is 5.08. The van der Waals surface area contributed by atoms with Crippen molar-refractivity contribution in [2.45, 2.75) is 38.8 Å². The molecular weight excluding hydrogens is 166 g/mol. The second-order valence-electron chi connectivity index (χ2n) is 4.19. The lowest BCUT2D eigenvalue weighted by Gasteiger charge is -2.28. The predicted octanol–water partition coefficient (Wildman–Crippen LogP) is 1.18. The average Bonchev–Trinajstić information content (AvgIpc) is 2.01. The molecule has 0 aromatic carbocycles. The van der Waals surface area contributed by atoms with Crippen molar-refractivity contribution < 1.29 is 9.47 Å². The van der Waals surface area contributed by atoms with Gasteiger partial charge in [-0.1, -0.05) is 6.92 Å². The zero-order chi connectivity index (χ0) is 9.73. The second kappa shape index (κ2) is 4.94. The summed E-state index contributed by atoms with van der Waals surface area (Å²) in [6.45, 7) is 9.87. The average molecular weight is 187 g/mol. The van der Waals surface area contributed by atoms with Gasteiger partial charge in [0.1, 0.15) is 6.10 Å². The molecule has 1 aliphatic heterocycles. The maximum absolute atomic E-state index is 5.53. The summed E-state index contributed by atoms with van der Waals surface area (Å²) in [5.41, 5.74) is 0.236. The SMILES string of the molecule is CCC(C)(C)NCCOC1COC1. The quantitative estimate of drug-likeness (QED) is 0.633. The molecule has 3 heteroatoms. The van der Waals surface area contributed by atoms with Crippen LogP contribution in [0.2, 0.25) is 0 Å². The Labute approximate surface area is 80.8 Å². The van der Waals surface area contributed by atoms with Crippen LogP contribution in [0.25, 0.3) is 0 Å². The lowest BCUT2D eigenvalue weighted by molar-refractivity contribution is -0.128. The summed E-state index contributed by atoms with van der Waals surface area (Å²) in [7, 11) is 0. The van der Waals surface area contributed by atoms with E-state index >= 15 is 0 Å². The Morgan fingerprint density at radius 1 is 1.46 bits per heavy atom. The highest BCUT2D eigenvalue weighted by molar-refractivity contribution is 4.74. The van der Waals surface area contributed by atoms with Crippen LogP contribution in [0.1, 0.15) is 27.2 Å². The Hall–Kier alpha value is -0.120. The third-order valence-corrected chi connectivity index (χ3v) is 2.55. The van der Waals surface area contributed by atoms with Gasteiger partial charge in [0, 0.05) is 12.1 Å². The molecule has 78 valence electrons. The highest BCUT2D eigenvalue weighted by atomic mass is 16.6. The van der Waals surface area contributed by atoms with Crippen molar-refractivity contribution in [2.75, 3.05) is 26.4 Å². The van der Waals surface area contributed by atoms with Gasteiger partial charge in [0.2, 0.25) is 0 Å². The molecule has 0 aromatic heterocycles. The molecule has 3 nitrogen and oxygen atoms in total. The Kier molecular flexibility index (Phi) is 4.16. The van der Waals surface area contributed by atoms with Crippen LogP contribution in [0.15, 0.2) is 0 Å². The van der Waals surface area contributed by atoms with Crippen molar-refractivity contribution in [3.8, 4) is 0 Å². The highest BCUT2D eigenvalue weighted by Gasteiger charge is 2.19. The van der Waals surface area contributed by atoms with Crippen molar-refractivity contribution in [1.82, 2.24) is 5.32 Å². The minimum absolute atomic E-state index is 0.236. The van der Waals surface area contributed by atoms with E-state index in [4.69, 9.17) is 9.47 Å². The fourth-order valence-electron chi connectivity index (χ4n) is 1.05. The molecule has 0 radical (unpaired) electrons. The van der Waals surface area contributed by atoms with Crippen molar-refractivity contribution in [2.24, 2.45) is 0 Å². The summed E-state index contributed by atoms with van der Waals surface area (Å²) >= 11 is 0. The van der Waals surface area contributed by atoms with Crippen molar-refractivity contribution in [1.29, 1.82) is 0 Å². The first-order chi connectivity index (χ1) is 6.14. The summed E-state index contributed by atoms with van der Waals surface area (Å²) < 4.78 is 10.5. The zero-order valence-corrected chi connectivity index (χ0v) is 8.93.